The van der Waals surface area contributed by atoms with E-state index in [9.17, 15) is 4.79 Å². The Hall–Kier alpha value is -0.900. The van der Waals surface area contributed by atoms with Crippen LogP contribution in [0.5, 0.6) is 0 Å². The van der Waals surface area contributed by atoms with Crippen LogP contribution < -0.4 is 5.43 Å². The van der Waals surface area contributed by atoms with E-state index >= 15 is 0 Å². The van der Waals surface area contributed by atoms with Crippen LogP contribution in [0.1, 0.15) is 6.42 Å². The first-order chi connectivity index (χ1) is 4.88. The number of amides is 1. The topological polar surface area (TPSA) is 50.7 Å². The van der Waals surface area contributed by atoms with Crippen molar-refractivity contribution in [2.24, 2.45) is 11.0 Å². The van der Waals surface area contributed by atoms with Crippen LogP contribution in [0.4, 0.5) is 0 Å². The van der Waals surface area contributed by atoms with E-state index in [1.165, 1.54) is 0 Å². The summed E-state index contributed by atoms with van der Waals surface area (Å²) in [6.45, 7) is 1.19. The van der Waals surface area contributed by atoms with Crippen molar-refractivity contribution in [1.29, 1.82) is 0 Å². The number of nitrogens with one attached hydrogen (secondary N) is 1. The fourth-order valence-electron chi connectivity index (χ4n) is 1.24. The van der Waals surface area contributed by atoms with Gasteiger partial charge in [0.25, 0.3) is 0 Å². The van der Waals surface area contributed by atoms with Gasteiger partial charge in [-0.1, -0.05) is 0 Å². The number of nitrogens with zero attached hydrogens (tertiary/aromatic N) is 1. The lowest BCUT2D eigenvalue weighted by molar-refractivity contribution is -0.122. The lowest BCUT2D eigenvalue weighted by atomic mass is 9.99. The molecule has 0 saturated carbocycles. The monoisotopic (exact) mass is 140 g/mol. The maximum absolute atomic E-state index is 10.9. The van der Waals surface area contributed by atoms with Gasteiger partial charge >= 0.3 is 0 Å². The molecule has 0 bridgehead atoms. The van der Waals surface area contributed by atoms with Crippen LogP contribution in [-0.2, 0) is 9.53 Å². The molecule has 1 unspecified atom stereocenters. The van der Waals surface area contributed by atoms with E-state index in [0.717, 1.165) is 12.1 Å². The molecular weight excluding hydrogens is 132 g/mol. The minimum atomic E-state index is 0.00810. The maximum Gasteiger partial charge on any atom is 0.249 e. The Kier molecular flexibility index (Phi) is 1.20. The fourth-order valence-corrected chi connectivity index (χ4v) is 1.24. The molecule has 10 heavy (non-hydrogen) atoms. The molecule has 4 heteroatoms. The standard InChI is InChI=1S/C6H8N2O2/c9-6-4-1-2-10-3-5(4)7-8-6/h4H,1-3H2,(H,8,9). The second kappa shape index (κ2) is 2.05. The molecule has 1 fully saturated rings. The van der Waals surface area contributed by atoms with Crippen molar-refractivity contribution in [3.05, 3.63) is 0 Å². The van der Waals surface area contributed by atoms with Crippen LogP contribution in [0.3, 0.4) is 0 Å². The second-order valence-corrected chi connectivity index (χ2v) is 2.47. The van der Waals surface area contributed by atoms with E-state index in [-0.39, 0.29) is 11.8 Å². The molecule has 54 valence electrons. The van der Waals surface area contributed by atoms with Gasteiger partial charge in [0, 0.05) is 6.61 Å². The van der Waals surface area contributed by atoms with Crippen molar-refractivity contribution < 1.29 is 9.53 Å². The van der Waals surface area contributed by atoms with Crippen LogP contribution in [0, 0.1) is 5.92 Å². The molecule has 2 rings (SSSR count). The lowest BCUT2D eigenvalue weighted by Gasteiger charge is -2.15. The molecule has 4 nitrogen and oxygen atoms in total. The Labute approximate surface area is 58.2 Å². The van der Waals surface area contributed by atoms with E-state index in [1.807, 2.05) is 0 Å². The van der Waals surface area contributed by atoms with Crippen molar-refractivity contribution in [3.8, 4) is 0 Å². The SMILES string of the molecule is O=C1NN=C2COCCC12. The number of hydrogen-bond acceptors (Lipinski definition) is 3. The summed E-state index contributed by atoms with van der Waals surface area (Å²) in [4.78, 5) is 10.9. The van der Waals surface area contributed by atoms with E-state index in [1.54, 1.807) is 0 Å². The van der Waals surface area contributed by atoms with E-state index in [2.05, 4.69) is 10.5 Å². The molecule has 1 amide bonds. The predicted molar refractivity (Wildman–Crippen MR) is 34.5 cm³/mol. The summed E-state index contributed by atoms with van der Waals surface area (Å²) in [7, 11) is 0. The second-order valence-electron chi connectivity index (χ2n) is 2.47. The van der Waals surface area contributed by atoms with Gasteiger partial charge in [0.05, 0.1) is 18.2 Å². The zero-order valence-electron chi connectivity index (χ0n) is 5.46. The van der Waals surface area contributed by atoms with Crippen molar-refractivity contribution in [2.45, 2.75) is 6.42 Å². The van der Waals surface area contributed by atoms with Gasteiger partial charge in [-0.3, -0.25) is 4.79 Å². The van der Waals surface area contributed by atoms with Crippen LogP contribution in [0.15, 0.2) is 5.10 Å². The molecule has 2 aliphatic heterocycles. The summed E-state index contributed by atoms with van der Waals surface area (Å²) >= 11 is 0. The number of carbonyl (C=O) groups excluding carboxylic acids is 1. The summed E-state index contributed by atoms with van der Waals surface area (Å²) in [5.41, 5.74) is 3.29. The van der Waals surface area contributed by atoms with Crippen LogP contribution in [0.2, 0.25) is 0 Å². The number of carbonyl (C=O) groups is 1. The summed E-state index contributed by atoms with van der Waals surface area (Å²) in [6.07, 6.45) is 0.782. The van der Waals surface area contributed by atoms with Gasteiger partial charge in [0.1, 0.15) is 0 Å². The van der Waals surface area contributed by atoms with Gasteiger partial charge in [-0.2, -0.15) is 5.10 Å². The molecule has 0 aliphatic carbocycles. The highest BCUT2D eigenvalue weighted by molar-refractivity contribution is 6.08. The summed E-state index contributed by atoms with van der Waals surface area (Å²) in [6, 6.07) is 0. The molecule has 0 aromatic carbocycles. The number of hydrazone groups is 1. The summed E-state index contributed by atoms with van der Waals surface area (Å²) < 4.78 is 5.11. The summed E-state index contributed by atoms with van der Waals surface area (Å²) in [5.74, 6) is 0.0343. The molecule has 0 aromatic heterocycles. The Morgan fingerprint density at radius 3 is 3.40 bits per heavy atom. The highest BCUT2D eigenvalue weighted by atomic mass is 16.5. The molecule has 1 N–H and O–H groups in total. The first-order valence-corrected chi connectivity index (χ1v) is 3.32. The van der Waals surface area contributed by atoms with Crippen molar-refractivity contribution in [1.82, 2.24) is 5.43 Å². The average molecular weight is 140 g/mol. The normalized spacial score (nSPS) is 31.0. The molecule has 1 atom stereocenters. The Bertz CT molecular complexity index is 200. The zero-order valence-corrected chi connectivity index (χ0v) is 5.46. The Balaban J connectivity index is 2.18. The first-order valence-electron chi connectivity index (χ1n) is 3.32. The third-order valence-electron chi connectivity index (χ3n) is 1.83. The Morgan fingerprint density at radius 1 is 1.70 bits per heavy atom. The first kappa shape index (κ1) is 5.85. The molecule has 1 saturated heterocycles. The molecule has 0 spiro atoms. The van der Waals surface area contributed by atoms with Gasteiger partial charge in [-0.15, -0.1) is 0 Å². The van der Waals surface area contributed by atoms with Crippen molar-refractivity contribution in [2.75, 3.05) is 13.2 Å². The molecule has 0 radical (unpaired) electrons. The smallest absolute Gasteiger partial charge is 0.249 e. The minimum Gasteiger partial charge on any atom is -0.375 e. The third kappa shape index (κ3) is 0.724. The van der Waals surface area contributed by atoms with Gasteiger partial charge in [0.15, 0.2) is 0 Å². The number of fused-ring (bicyclic) bond motifs is 1. The predicted octanol–water partition coefficient (Wildman–Crippen LogP) is -0.491. The number of rotatable bonds is 0. The van der Waals surface area contributed by atoms with Gasteiger partial charge < -0.3 is 4.74 Å². The zero-order chi connectivity index (χ0) is 6.97. The highest BCUT2D eigenvalue weighted by Gasteiger charge is 2.31. The van der Waals surface area contributed by atoms with E-state index < -0.39 is 0 Å². The van der Waals surface area contributed by atoms with Crippen LogP contribution >= 0.6 is 0 Å². The highest BCUT2D eigenvalue weighted by Crippen LogP contribution is 2.16. The number of ether oxygens (including phenoxy) is 1. The van der Waals surface area contributed by atoms with Gasteiger partial charge in [-0.05, 0) is 6.42 Å². The van der Waals surface area contributed by atoms with E-state index in [4.69, 9.17) is 4.74 Å². The maximum atomic E-state index is 10.9. The largest absolute Gasteiger partial charge is 0.375 e. The van der Waals surface area contributed by atoms with E-state index in [0.29, 0.717) is 13.2 Å². The average Bonchev–Trinajstić information content (AvgIpc) is 2.34. The summed E-state index contributed by atoms with van der Waals surface area (Å²) in [5, 5.41) is 3.83. The van der Waals surface area contributed by atoms with Gasteiger partial charge in [-0.25, -0.2) is 5.43 Å². The molecule has 2 aliphatic rings. The quantitative estimate of drug-likeness (QED) is 0.493. The third-order valence-corrected chi connectivity index (χ3v) is 1.83. The molecule has 0 aromatic rings. The fraction of sp³-hybridized carbons (Fsp3) is 0.667. The van der Waals surface area contributed by atoms with Crippen LogP contribution in [-0.4, -0.2) is 24.8 Å². The molecular formula is C6H8N2O2. The van der Waals surface area contributed by atoms with Gasteiger partial charge in [0.2, 0.25) is 5.91 Å². The van der Waals surface area contributed by atoms with Crippen molar-refractivity contribution >= 4 is 11.6 Å². The van der Waals surface area contributed by atoms with Crippen molar-refractivity contribution in [3.63, 3.8) is 0 Å². The minimum absolute atomic E-state index is 0.00810. The lowest BCUT2D eigenvalue weighted by Crippen LogP contribution is -2.30. The Morgan fingerprint density at radius 2 is 2.60 bits per heavy atom. The van der Waals surface area contributed by atoms with Crippen LogP contribution in [0.25, 0.3) is 0 Å². The number of hydrogen-bond donors (Lipinski definition) is 1. The molecule has 2 heterocycles.